The first-order chi connectivity index (χ1) is 12.2. The summed E-state index contributed by atoms with van der Waals surface area (Å²) < 4.78 is 46.1. The van der Waals surface area contributed by atoms with Crippen LogP contribution in [0.2, 0.25) is 0 Å². The largest absolute Gasteiger partial charge is 0.477 e. The van der Waals surface area contributed by atoms with Gasteiger partial charge in [0.1, 0.15) is 23.5 Å². The predicted molar refractivity (Wildman–Crippen MR) is 88.3 cm³/mol. The molecule has 134 valence electrons. The van der Waals surface area contributed by atoms with Gasteiger partial charge in [-0.25, -0.2) is 13.9 Å². The van der Waals surface area contributed by atoms with Crippen LogP contribution in [0.5, 0.6) is 5.75 Å². The summed E-state index contributed by atoms with van der Waals surface area (Å²) in [6.07, 6.45) is 4.55. The third-order valence-corrected chi connectivity index (χ3v) is 3.70. The molecule has 0 saturated heterocycles. The highest BCUT2D eigenvalue weighted by atomic mass is 19.3. The number of benzene rings is 1. The van der Waals surface area contributed by atoms with Crippen molar-refractivity contribution in [3.63, 3.8) is 0 Å². The van der Waals surface area contributed by atoms with Gasteiger partial charge in [0.15, 0.2) is 6.10 Å². The summed E-state index contributed by atoms with van der Waals surface area (Å²) >= 11 is 0. The quantitative estimate of drug-likeness (QED) is 0.784. The zero-order valence-corrected chi connectivity index (χ0v) is 14.2. The molecule has 1 aromatic heterocycles. The molecule has 1 unspecified atom stereocenters. The highest BCUT2D eigenvalue weighted by molar-refractivity contribution is 5.67. The van der Waals surface area contributed by atoms with E-state index >= 15 is 0 Å². The molecule has 8 heteroatoms. The number of nitrogens with zero attached hydrogens (tertiary/aromatic N) is 3. The van der Waals surface area contributed by atoms with Gasteiger partial charge in [-0.15, -0.1) is 6.42 Å². The molecule has 1 aromatic carbocycles. The normalized spacial score (nSPS) is 11.7. The van der Waals surface area contributed by atoms with Gasteiger partial charge in [-0.2, -0.15) is 14.0 Å². The van der Waals surface area contributed by atoms with Crippen LogP contribution in [0, 0.1) is 43.3 Å². The Morgan fingerprint density at radius 2 is 2.00 bits per heavy atom. The summed E-state index contributed by atoms with van der Waals surface area (Å²) in [5.41, 5.74) is -1.49. The standard InChI is InChI=1S/C18H14F3N3O2/c1-5-9(2)26-15-7-13(14(19)6-12(15)8-22)16-10(3)17(25)24(18(20)21)11(4)23-16/h1,6-7,9,18H,2-4H3. The molecule has 0 amide bonds. The maximum absolute atomic E-state index is 14.5. The monoisotopic (exact) mass is 361 g/mol. The van der Waals surface area contributed by atoms with Gasteiger partial charge in [0, 0.05) is 11.1 Å². The van der Waals surface area contributed by atoms with E-state index in [0.29, 0.717) is 0 Å². The Hall–Kier alpha value is -3.26. The van der Waals surface area contributed by atoms with Crippen LogP contribution in [0.4, 0.5) is 13.2 Å². The molecule has 0 saturated carbocycles. The van der Waals surface area contributed by atoms with E-state index in [1.54, 1.807) is 13.0 Å². The van der Waals surface area contributed by atoms with Gasteiger partial charge in [0.25, 0.3) is 5.56 Å². The summed E-state index contributed by atoms with van der Waals surface area (Å²) in [7, 11) is 0. The minimum Gasteiger partial charge on any atom is -0.477 e. The highest BCUT2D eigenvalue weighted by Crippen LogP contribution is 2.31. The molecule has 2 aromatic rings. The summed E-state index contributed by atoms with van der Waals surface area (Å²) in [5, 5.41) is 9.13. The molecule has 1 atom stereocenters. The summed E-state index contributed by atoms with van der Waals surface area (Å²) in [6, 6.07) is 3.89. The second kappa shape index (κ2) is 7.32. The maximum atomic E-state index is 14.5. The topological polar surface area (TPSA) is 67.9 Å². The Labute approximate surface area is 147 Å². The molecule has 0 aliphatic carbocycles. The SMILES string of the molecule is C#CC(C)Oc1cc(-c2nc(C)n(C(F)F)c(=O)c2C)c(F)cc1C#N. The predicted octanol–water partition coefficient (Wildman–Crippen LogP) is 3.33. The second-order valence-electron chi connectivity index (χ2n) is 5.45. The average Bonchev–Trinajstić information content (AvgIpc) is 2.59. The Morgan fingerprint density at radius 3 is 2.54 bits per heavy atom. The minimum absolute atomic E-state index is 0.00578. The Balaban J connectivity index is 2.74. The number of halogens is 3. The van der Waals surface area contributed by atoms with Crippen molar-refractivity contribution >= 4 is 0 Å². The average molecular weight is 361 g/mol. The third kappa shape index (κ3) is 3.40. The molecule has 26 heavy (non-hydrogen) atoms. The minimum atomic E-state index is -3.07. The van der Waals surface area contributed by atoms with Crippen LogP contribution in [0.25, 0.3) is 11.3 Å². The molecule has 1 heterocycles. The van der Waals surface area contributed by atoms with Gasteiger partial charge >= 0.3 is 6.55 Å². The summed E-state index contributed by atoms with van der Waals surface area (Å²) in [6.45, 7) is 0.979. The summed E-state index contributed by atoms with van der Waals surface area (Å²) in [5.74, 6) is 1.21. The first-order valence-electron chi connectivity index (χ1n) is 7.46. The van der Waals surface area contributed by atoms with Gasteiger partial charge in [-0.1, -0.05) is 5.92 Å². The van der Waals surface area contributed by atoms with E-state index in [9.17, 15) is 18.0 Å². The van der Waals surface area contributed by atoms with Gasteiger partial charge in [0.2, 0.25) is 0 Å². The van der Waals surface area contributed by atoms with Crippen molar-refractivity contribution in [1.29, 1.82) is 5.26 Å². The summed E-state index contributed by atoms with van der Waals surface area (Å²) in [4.78, 5) is 16.1. The van der Waals surface area contributed by atoms with E-state index in [4.69, 9.17) is 16.4 Å². The smallest absolute Gasteiger partial charge is 0.322 e. The zero-order chi connectivity index (χ0) is 19.6. The number of alkyl halides is 2. The van der Waals surface area contributed by atoms with E-state index in [1.807, 2.05) is 0 Å². The fraction of sp³-hybridized carbons (Fsp3) is 0.278. The number of aryl methyl sites for hydroxylation is 1. The lowest BCUT2D eigenvalue weighted by Gasteiger charge is -2.15. The van der Waals surface area contributed by atoms with Crippen molar-refractivity contribution < 1.29 is 17.9 Å². The molecular weight excluding hydrogens is 347 g/mol. The zero-order valence-electron chi connectivity index (χ0n) is 14.2. The van der Waals surface area contributed by atoms with E-state index in [1.165, 1.54) is 19.9 Å². The number of hydrogen-bond acceptors (Lipinski definition) is 4. The number of ether oxygens (including phenoxy) is 1. The van der Waals surface area contributed by atoms with Crippen LogP contribution >= 0.6 is 0 Å². The van der Waals surface area contributed by atoms with Crippen molar-refractivity contribution in [3.8, 4) is 35.4 Å². The number of aromatic nitrogens is 2. The van der Waals surface area contributed by atoms with Crippen molar-refractivity contribution in [3.05, 3.63) is 45.3 Å². The van der Waals surface area contributed by atoms with E-state index in [0.717, 1.165) is 6.07 Å². The van der Waals surface area contributed by atoms with Gasteiger partial charge in [-0.3, -0.25) is 4.79 Å². The Kier molecular flexibility index (Phi) is 5.37. The van der Waals surface area contributed by atoms with E-state index < -0.39 is 24.0 Å². The molecular formula is C18H14F3N3O2. The molecule has 2 rings (SSSR count). The number of nitriles is 1. The van der Waals surface area contributed by atoms with Crippen LogP contribution in [-0.2, 0) is 0 Å². The number of rotatable bonds is 4. The second-order valence-corrected chi connectivity index (χ2v) is 5.45. The lowest BCUT2D eigenvalue weighted by Crippen LogP contribution is -2.27. The number of terminal acetylenes is 1. The van der Waals surface area contributed by atoms with Crippen molar-refractivity contribution in [2.45, 2.75) is 33.4 Å². The van der Waals surface area contributed by atoms with E-state index in [2.05, 4.69) is 10.9 Å². The molecule has 0 N–H and O–H groups in total. The van der Waals surface area contributed by atoms with Crippen molar-refractivity contribution in [2.75, 3.05) is 0 Å². The van der Waals surface area contributed by atoms with E-state index in [-0.39, 0.29) is 38.5 Å². The lowest BCUT2D eigenvalue weighted by molar-refractivity contribution is 0.0625. The lowest BCUT2D eigenvalue weighted by atomic mass is 10.0. The van der Waals surface area contributed by atoms with Crippen LogP contribution in [0.3, 0.4) is 0 Å². The Morgan fingerprint density at radius 1 is 1.35 bits per heavy atom. The number of hydrogen-bond donors (Lipinski definition) is 0. The fourth-order valence-corrected chi connectivity index (χ4v) is 2.36. The maximum Gasteiger partial charge on any atom is 0.322 e. The Bertz CT molecular complexity index is 1000. The fourth-order valence-electron chi connectivity index (χ4n) is 2.36. The molecule has 0 fully saturated rings. The molecule has 5 nitrogen and oxygen atoms in total. The molecule has 0 aliphatic rings. The van der Waals surface area contributed by atoms with Crippen molar-refractivity contribution in [1.82, 2.24) is 9.55 Å². The molecule has 0 aliphatic heterocycles. The highest BCUT2D eigenvalue weighted by Gasteiger charge is 2.21. The van der Waals surface area contributed by atoms with Crippen LogP contribution in [-0.4, -0.2) is 15.7 Å². The van der Waals surface area contributed by atoms with Gasteiger partial charge in [0.05, 0.1) is 11.3 Å². The molecule has 0 bridgehead atoms. The molecule has 0 radical (unpaired) electrons. The van der Waals surface area contributed by atoms with Crippen LogP contribution in [0.1, 0.15) is 30.4 Å². The van der Waals surface area contributed by atoms with Gasteiger partial charge < -0.3 is 4.74 Å². The van der Waals surface area contributed by atoms with Gasteiger partial charge in [-0.05, 0) is 32.9 Å². The van der Waals surface area contributed by atoms with Crippen LogP contribution in [0.15, 0.2) is 16.9 Å². The first-order valence-corrected chi connectivity index (χ1v) is 7.46. The van der Waals surface area contributed by atoms with Crippen LogP contribution < -0.4 is 10.3 Å². The third-order valence-electron chi connectivity index (χ3n) is 3.70. The first kappa shape index (κ1) is 19.1. The molecule has 0 spiro atoms. The van der Waals surface area contributed by atoms with Crippen molar-refractivity contribution in [2.24, 2.45) is 0 Å².